The average molecular weight is 410 g/mol. The van der Waals surface area contributed by atoms with E-state index in [1.807, 2.05) is 7.05 Å². The molecule has 1 aliphatic heterocycles. The zero-order valence-corrected chi connectivity index (χ0v) is 17.1. The van der Waals surface area contributed by atoms with E-state index in [0.29, 0.717) is 22.8 Å². The lowest BCUT2D eigenvalue weighted by atomic mass is 9.95. The lowest BCUT2D eigenvalue weighted by Gasteiger charge is -2.16. The normalized spacial score (nSPS) is 21.9. The molecule has 2 heterocycles. The maximum atomic E-state index is 12.9. The minimum Gasteiger partial charge on any atom is -0.454 e. The van der Waals surface area contributed by atoms with Gasteiger partial charge in [0.05, 0.1) is 5.69 Å². The molecule has 2 aromatic rings. The summed E-state index contributed by atoms with van der Waals surface area (Å²) in [5.74, 6) is 1.07. The standard InChI is InChI=1S/C22H26N4O4/c1-26-20(16-4-2-3-5-17(16)25-26)22(28)24-15-8-7-14(11-15)23-21(27)13-6-9-18-19(10-13)30-12-29-18/h6,9-10,14-15H,2-5,7-8,11-12H2,1H3,(H,23,27)(H,24,28)/t14-,15+/m1/s1. The number of fused-ring (bicyclic) bond motifs is 2. The number of hydrogen-bond acceptors (Lipinski definition) is 5. The molecule has 0 radical (unpaired) electrons. The van der Waals surface area contributed by atoms with Crippen LogP contribution in [-0.4, -0.2) is 40.5 Å². The highest BCUT2D eigenvalue weighted by Crippen LogP contribution is 2.32. The van der Waals surface area contributed by atoms with Crippen LogP contribution in [0.3, 0.4) is 0 Å². The van der Waals surface area contributed by atoms with Gasteiger partial charge in [0.25, 0.3) is 11.8 Å². The number of hydrogen-bond donors (Lipinski definition) is 2. The zero-order valence-electron chi connectivity index (χ0n) is 17.1. The summed E-state index contributed by atoms with van der Waals surface area (Å²) in [4.78, 5) is 25.5. The molecule has 2 N–H and O–H groups in total. The summed E-state index contributed by atoms with van der Waals surface area (Å²) in [6.07, 6.45) is 6.53. The predicted octanol–water partition coefficient (Wildman–Crippen LogP) is 2.11. The summed E-state index contributed by atoms with van der Waals surface area (Å²) in [5, 5.41) is 10.8. The minimum atomic E-state index is -0.133. The van der Waals surface area contributed by atoms with Crippen molar-refractivity contribution in [1.82, 2.24) is 20.4 Å². The van der Waals surface area contributed by atoms with Gasteiger partial charge in [-0.1, -0.05) is 0 Å². The van der Waals surface area contributed by atoms with E-state index < -0.39 is 0 Å². The van der Waals surface area contributed by atoms with Crippen LogP contribution in [-0.2, 0) is 19.9 Å². The van der Waals surface area contributed by atoms with Gasteiger partial charge in [0.15, 0.2) is 11.5 Å². The first-order chi connectivity index (χ1) is 14.6. The molecule has 0 saturated heterocycles. The summed E-state index contributed by atoms with van der Waals surface area (Å²) < 4.78 is 12.4. The first-order valence-electron chi connectivity index (χ1n) is 10.6. The van der Waals surface area contributed by atoms with Crippen molar-refractivity contribution >= 4 is 11.8 Å². The van der Waals surface area contributed by atoms with E-state index in [0.717, 1.165) is 56.2 Å². The van der Waals surface area contributed by atoms with Gasteiger partial charge in [-0.05, 0) is 63.1 Å². The Morgan fingerprint density at radius 3 is 2.60 bits per heavy atom. The van der Waals surface area contributed by atoms with Crippen molar-refractivity contribution in [2.24, 2.45) is 7.05 Å². The van der Waals surface area contributed by atoms with Gasteiger partial charge in [-0.3, -0.25) is 14.3 Å². The molecule has 0 bridgehead atoms. The lowest BCUT2D eigenvalue weighted by molar-refractivity contribution is 0.0927. The van der Waals surface area contributed by atoms with E-state index in [1.165, 1.54) is 0 Å². The first-order valence-corrected chi connectivity index (χ1v) is 10.6. The Morgan fingerprint density at radius 1 is 1.03 bits per heavy atom. The molecule has 2 atom stereocenters. The fourth-order valence-electron chi connectivity index (χ4n) is 4.77. The van der Waals surface area contributed by atoms with E-state index in [-0.39, 0.29) is 30.7 Å². The number of nitrogens with zero attached hydrogens (tertiary/aromatic N) is 2. The first kappa shape index (κ1) is 19.0. The maximum Gasteiger partial charge on any atom is 0.270 e. The predicted molar refractivity (Wildman–Crippen MR) is 109 cm³/mol. The number of nitrogens with one attached hydrogen (secondary N) is 2. The largest absolute Gasteiger partial charge is 0.454 e. The van der Waals surface area contributed by atoms with Crippen molar-refractivity contribution in [3.05, 3.63) is 40.7 Å². The average Bonchev–Trinajstić information content (AvgIpc) is 3.44. The highest BCUT2D eigenvalue weighted by Gasteiger charge is 2.30. The zero-order chi connectivity index (χ0) is 20.7. The van der Waals surface area contributed by atoms with Gasteiger partial charge in [-0.2, -0.15) is 5.10 Å². The number of aromatic nitrogens is 2. The molecule has 5 rings (SSSR count). The van der Waals surface area contributed by atoms with Crippen LogP contribution in [0.15, 0.2) is 18.2 Å². The quantitative estimate of drug-likeness (QED) is 0.805. The van der Waals surface area contributed by atoms with Crippen molar-refractivity contribution in [2.75, 3.05) is 6.79 Å². The molecule has 8 heteroatoms. The van der Waals surface area contributed by atoms with Gasteiger partial charge >= 0.3 is 0 Å². The van der Waals surface area contributed by atoms with Gasteiger partial charge in [0, 0.05) is 30.3 Å². The molecule has 0 spiro atoms. The van der Waals surface area contributed by atoms with Crippen molar-refractivity contribution in [3.8, 4) is 11.5 Å². The smallest absolute Gasteiger partial charge is 0.270 e. The van der Waals surface area contributed by atoms with E-state index in [4.69, 9.17) is 9.47 Å². The van der Waals surface area contributed by atoms with Crippen LogP contribution in [0.1, 0.15) is 64.2 Å². The molecule has 1 saturated carbocycles. The number of carbonyl (C=O) groups is 2. The molecule has 0 unspecified atom stereocenters. The molecular formula is C22H26N4O4. The second-order valence-electron chi connectivity index (χ2n) is 8.33. The van der Waals surface area contributed by atoms with E-state index in [2.05, 4.69) is 15.7 Å². The number of rotatable bonds is 4. The summed E-state index contributed by atoms with van der Waals surface area (Å²) in [7, 11) is 1.84. The minimum absolute atomic E-state index is 0.0358. The van der Waals surface area contributed by atoms with Crippen LogP contribution < -0.4 is 20.1 Å². The van der Waals surface area contributed by atoms with Crippen LogP contribution in [0.2, 0.25) is 0 Å². The van der Waals surface area contributed by atoms with Crippen LogP contribution in [0.4, 0.5) is 0 Å². The molecular weight excluding hydrogens is 384 g/mol. The Kier molecular flexibility index (Phi) is 4.84. The summed E-state index contributed by atoms with van der Waals surface area (Å²) in [6, 6.07) is 5.28. The Balaban J connectivity index is 1.19. The van der Waals surface area contributed by atoms with Crippen LogP contribution in [0, 0.1) is 0 Å². The fraction of sp³-hybridized carbons (Fsp3) is 0.500. The van der Waals surface area contributed by atoms with Gasteiger partial charge < -0.3 is 20.1 Å². The van der Waals surface area contributed by atoms with Crippen molar-refractivity contribution < 1.29 is 19.1 Å². The van der Waals surface area contributed by atoms with Crippen LogP contribution in [0.25, 0.3) is 0 Å². The number of carbonyl (C=O) groups excluding carboxylic acids is 2. The third kappa shape index (κ3) is 3.51. The Hall–Kier alpha value is -3.03. The molecule has 1 fully saturated rings. The third-order valence-electron chi connectivity index (χ3n) is 6.27. The molecule has 2 amide bonds. The number of ether oxygens (including phenoxy) is 2. The number of benzene rings is 1. The van der Waals surface area contributed by atoms with E-state index >= 15 is 0 Å². The SMILES string of the molecule is Cn1nc2c(c1C(=O)N[C@H]1CC[C@@H](NC(=O)c3ccc4c(c3)OCO4)C1)CCCC2. The summed E-state index contributed by atoms with van der Waals surface area (Å²) in [5.41, 5.74) is 3.41. The van der Waals surface area contributed by atoms with Gasteiger partial charge in [-0.25, -0.2) is 0 Å². The number of amides is 2. The third-order valence-corrected chi connectivity index (χ3v) is 6.27. The van der Waals surface area contributed by atoms with Crippen molar-refractivity contribution in [2.45, 2.75) is 57.0 Å². The Morgan fingerprint density at radius 2 is 1.77 bits per heavy atom. The van der Waals surface area contributed by atoms with E-state index in [1.54, 1.807) is 22.9 Å². The molecule has 2 aliphatic carbocycles. The molecule has 8 nitrogen and oxygen atoms in total. The second kappa shape index (κ2) is 7.66. The van der Waals surface area contributed by atoms with Crippen LogP contribution in [0.5, 0.6) is 11.5 Å². The Labute approximate surface area is 174 Å². The molecule has 30 heavy (non-hydrogen) atoms. The van der Waals surface area contributed by atoms with Crippen LogP contribution >= 0.6 is 0 Å². The summed E-state index contributed by atoms with van der Waals surface area (Å²) in [6.45, 7) is 0.185. The highest BCUT2D eigenvalue weighted by atomic mass is 16.7. The molecule has 1 aromatic carbocycles. The molecule has 1 aromatic heterocycles. The lowest BCUT2D eigenvalue weighted by Crippen LogP contribution is -2.38. The van der Waals surface area contributed by atoms with E-state index in [9.17, 15) is 9.59 Å². The van der Waals surface area contributed by atoms with Crippen molar-refractivity contribution in [3.63, 3.8) is 0 Å². The monoisotopic (exact) mass is 410 g/mol. The maximum absolute atomic E-state index is 12.9. The van der Waals surface area contributed by atoms with Gasteiger partial charge in [0.2, 0.25) is 6.79 Å². The Bertz CT molecular complexity index is 999. The molecule has 158 valence electrons. The van der Waals surface area contributed by atoms with Crippen molar-refractivity contribution in [1.29, 1.82) is 0 Å². The summed E-state index contributed by atoms with van der Waals surface area (Å²) >= 11 is 0. The second-order valence-corrected chi connectivity index (χ2v) is 8.33. The fourth-order valence-corrected chi connectivity index (χ4v) is 4.77. The topological polar surface area (TPSA) is 94.5 Å². The van der Waals surface area contributed by atoms with Gasteiger partial charge in [0.1, 0.15) is 5.69 Å². The highest BCUT2D eigenvalue weighted by molar-refractivity contribution is 5.95. The number of aryl methyl sites for hydroxylation is 2. The van der Waals surface area contributed by atoms with Gasteiger partial charge in [-0.15, -0.1) is 0 Å². The molecule has 3 aliphatic rings.